The molecular formula is C28H44. The van der Waals surface area contributed by atoms with Gasteiger partial charge in [-0.15, -0.1) is 0 Å². The molecule has 0 bridgehead atoms. The van der Waals surface area contributed by atoms with Crippen LogP contribution in [0.3, 0.4) is 0 Å². The van der Waals surface area contributed by atoms with Crippen LogP contribution in [0.2, 0.25) is 0 Å². The van der Waals surface area contributed by atoms with Crippen molar-refractivity contribution in [3.8, 4) is 0 Å². The largest absolute Gasteiger partial charge is 0.0654 e. The fourth-order valence-electron chi connectivity index (χ4n) is 4.47. The summed E-state index contributed by atoms with van der Waals surface area (Å²) in [7, 11) is 0. The van der Waals surface area contributed by atoms with Gasteiger partial charge in [-0.2, -0.15) is 0 Å². The molecule has 0 aliphatic heterocycles. The highest BCUT2D eigenvalue weighted by Gasteiger charge is 2.10. The molecule has 0 radical (unpaired) electrons. The molecule has 0 amide bonds. The Morgan fingerprint density at radius 2 is 1.11 bits per heavy atom. The number of hydrogen-bond acceptors (Lipinski definition) is 0. The lowest BCUT2D eigenvalue weighted by molar-refractivity contribution is 0.401. The minimum Gasteiger partial charge on any atom is -0.0654 e. The zero-order valence-electron chi connectivity index (χ0n) is 18.7. The van der Waals surface area contributed by atoms with E-state index in [1.54, 1.807) is 5.56 Å². The van der Waals surface area contributed by atoms with Crippen LogP contribution in [0.25, 0.3) is 10.8 Å². The Labute approximate surface area is 175 Å². The van der Waals surface area contributed by atoms with E-state index in [0.717, 1.165) is 5.92 Å². The fourth-order valence-corrected chi connectivity index (χ4v) is 4.47. The highest BCUT2D eigenvalue weighted by molar-refractivity contribution is 5.82. The summed E-state index contributed by atoms with van der Waals surface area (Å²) in [5.41, 5.74) is 1.54. The first-order valence-electron chi connectivity index (χ1n) is 12.3. The molecule has 156 valence electrons. The third-order valence-corrected chi connectivity index (χ3v) is 6.27. The van der Waals surface area contributed by atoms with Gasteiger partial charge < -0.3 is 0 Å². The minimum atomic E-state index is 0.874. The first-order valence-corrected chi connectivity index (χ1v) is 12.3. The summed E-state index contributed by atoms with van der Waals surface area (Å²) in [5, 5.41) is 2.77. The van der Waals surface area contributed by atoms with Crippen LogP contribution in [0.15, 0.2) is 42.5 Å². The van der Waals surface area contributed by atoms with Crippen molar-refractivity contribution in [2.75, 3.05) is 0 Å². The smallest absolute Gasteiger partial charge is 0.0181 e. The summed E-state index contributed by atoms with van der Waals surface area (Å²) < 4.78 is 0. The predicted molar refractivity (Wildman–Crippen MR) is 127 cm³/mol. The molecule has 2 aromatic carbocycles. The standard InChI is InChI=1S/C28H44/c1-3-5-7-9-10-12-14-18-25(17-13-11-8-6-4-2)23-26-21-22-27-19-15-16-20-28(27)24-26/h15-16,19-22,24-25H,3-14,17-18,23H2,1-2H3. The summed E-state index contributed by atoms with van der Waals surface area (Å²) in [6.45, 7) is 4.61. The van der Waals surface area contributed by atoms with Gasteiger partial charge in [-0.1, -0.05) is 146 Å². The molecule has 0 N–H and O–H groups in total. The molecule has 0 spiro atoms. The molecule has 0 heteroatoms. The minimum absolute atomic E-state index is 0.874. The Kier molecular flexibility index (Phi) is 12.0. The Balaban J connectivity index is 1.81. The molecule has 1 atom stereocenters. The van der Waals surface area contributed by atoms with Gasteiger partial charge in [0.05, 0.1) is 0 Å². The van der Waals surface area contributed by atoms with Crippen molar-refractivity contribution in [3.05, 3.63) is 48.0 Å². The molecule has 0 nitrogen and oxygen atoms in total. The first kappa shape index (κ1) is 23.0. The van der Waals surface area contributed by atoms with Crippen LogP contribution in [-0.2, 0) is 6.42 Å². The Morgan fingerprint density at radius 3 is 1.71 bits per heavy atom. The van der Waals surface area contributed by atoms with Crippen molar-refractivity contribution in [1.29, 1.82) is 0 Å². The third kappa shape index (κ3) is 9.26. The molecule has 0 heterocycles. The van der Waals surface area contributed by atoms with Crippen LogP contribution >= 0.6 is 0 Å². The quantitative estimate of drug-likeness (QED) is 0.254. The van der Waals surface area contributed by atoms with Crippen molar-refractivity contribution < 1.29 is 0 Å². The lowest BCUT2D eigenvalue weighted by Crippen LogP contribution is -2.05. The van der Waals surface area contributed by atoms with Gasteiger partial charge in [-0.05, 0) is 28.7 Å². The molecule has 28 heavy (non-hydrogen) atoms. The summed E-state index contributed by atoms with van der Waals surface area (Å²) in [6.07, 6.45) is 21.1. The second-order valence-corrected chi connectivity index (χ2v) is 8.86. The number of unbranched alkanes of at least 4 members (excludes halogenated alkanes) is 10. The van der Waals surface area contributed by atoms with E-state index in [0.29, 0.717) is 0 Å². The van der Waals surface area contributed by atoms with Gasteiger partial charge in [0.1, 0.15) is 0 Å². The Hall–Kier alpha value is -1.30. The van der Waals surface area contributed by atoms with Crippen LogP contribution in [-0.4, -0.2) is 0 Å². The van der Waals surface area contributed by atoms with Crippen LogP contribution in [0.4, 0.5) is 0 Å². The highest BCUT2D eigenvalue weighted by Crippen LogP contribution is 2.25. The molecule has 0 saturated carbocycles. The maximum absolute atomic E-state index is 2.43. The van der Waals surface area contributed by atoms with E-state index in [1.165, 1.54) is 107 Å². The highest BCUT2D eigenvalue weighted by atomic mass is 14.2. The zero-order valence-corrected chi connectivity index (χ0v) is 18.7. The van der Waals surface area contributed by atoms with E-state index in [9.17, 15) is 0 Å². The molecule has 0 aliphatic rings. The van der Waals surface area contributed by atoms with Gasteiger partial charge in [0.15, 0.2) is 0 Å². The molecule has 0 aromatic heterocycles. The average molecular weight is 381 g/mol. The second kappa shape index (κ2) is 14.7. The SMILES string of the molecule is CCCCCCCCCC(CCCCCCC)Cc1ccc2ccccc2c1. The predicted octanol–water partition coefficient (Wildman–Crippen LogP) is 9.50. The first-order chi connectivity index (χ1) is 13.8. The second-order valence-electron chi connectivity index (χ2n) is 8.86. The Bertz CT molecular complexity index is 627. The molecule has 0 saturated heterocycles. The number of benzene rings is 2. The molecule has 0 aliphatic carbocycles. The van der Waals surface area contributed by atoms with Crippen LogP contribution in [0, 0.1) is 5.92 Å². The monoisotopic (exact) mass is 380 g/mol. The number of fused-ring (bicyclic) bond motifs is 1. The zero-order chi connectivity index (χ0) is 19.9. The maximum atomic E-state index is 2.43. The Morgan fingerprint density at radius 1 is 0.571 bits per heavy atom. The van der Waals surface area contributed by atoms with Gasteiger partial charge in [0.25, 0.3) is 0 Å². The molecule has 1 unspecified atom stereocenters. The van der Waals surface area contributed by atoms with E-state index >= 15 is 0 Å². The summed E-state index contributed by atoms with van der Waals surface area (Å²) in [5.74, 6) is 0.874. The van der Waals surface area contributed by atoms with Crippen LogP contribution in [0.1, 0.15) is 109 Å². The molecule has 2 rings (SSSR count). The van der Waals surface area contributed by atoms with Crippen LogP contribution < -0.4 is 0 Å². The van der Waals surface area contributed by atoms with Crippen molar-refractivity contribution >= 4 is 10.8 Å². The van der Waals surface area contributed by atoms with E-state index in [-0.39, 0.29) is 0 Å². The van der Waals surface area contributed by atoms with Crippen molar-refractivity contribution in [2.45, 2.75) is 110 Å². The van der Waals surface area contributed by atoms with E-state index < -0.39 is 0 Å². The molecule has 2 aromatic rings. The number of hydrogen-bond donors (Lipinski definition) is 0. The summed E-state index contributed by atoms with van der Waals surface area (Å²) >= 11 is 0. The van der Waals surface area contributed by atoms with Gasteiger partial charge >= 0.3 is 0 Å². The maximum Gasteiger partial charge on any atom is -0.0181 e. The fraction of sp³-hybridized carbons (Fsp3) is 0.643. The van der Waals surface area contributed by atoms with Gasteiger partial charge in [-0.25, -0.2) is 0 Å². The number of rotatable bonds is 16. The topological polar surface area (TPSA) is 0 Å². The normalized spacial score (nSPS) is 12.5. The van der Waals surface area contributed by atoms with Gasteiger partial charge in [0.2, 0.25) is 0 Å². The van der Waals surface area contributed by atoms with Gasteiger partial charge in [-0.3, -0.25) is 0 Å². The summed E-state index contributed by atoms with van der Waals surface area (Å²) in [4.78, 5) is 0. The third-order valence-electron chi connectivity index (χ3n) is 6.27. The average Bonchev–Trinajstić information content (AvgIpc) is 2.72. The molecular weight excluding hydrogens is 336 g/mol. The lowest BCUT2D eigenvalue weighted by atomic mass is 9.88. The molecule has 0 fully saturated rings. The van der Waals surface area contributed by atoms with Crippen molar-refractivity contribution in [2.24, 2.45) is 5.92 Å². The van der Waals surface area contributed by atoms with E-state index in [1.807, 2.05) is 0 Å². The van der Waals surface area contributed by atoms with Crippen LogP contribution in [0.5, 0.6) is 0 Å². The van der Waals surface area contributed by atoms with Crippen molar-refractivity contribution in [3.63, 3.8) is 0 Å². The lowest BCUT2D eigenvalue weighted by Gasteiger charge is -2.18. The summed E-state index contributed by atoms with van der Waals surface area (Å²) in [6, 6.07) is 15.9. The van der Waals surface area contributed by atoms with E-state index in [4.69, 9.17) is 0 Å². The van der Waals surface area contributed by atoms with E-state index in [2.05, 4.69) is 56.3 Å². The van der Waals surface area contributed by atoms with Gasteiger partial charge in [0, 0.05) is 0 Å². The van der Waals surface area contributed by atoms with Crippen molar-refractivity contribution in [1.82, 2.24) is 0 Å².